The lowest BCUT2D eigenvalue weighted by atomic mass is 10.2. The summed E-state index contributed by atoms with van der Waals surface area (Å²) in [6, 6.07) is 9.28. The number of ether oxygens (including phenoxy) is 1. The van der Waals surface area contributed by atoms with Crippen LogP contribution in [0.3, 0.4) is 0 Å². The number of benzene rings is 1. The summed E-state index contributed by atoms with van der Waals surface area (Å²) in [5, 5.41) is 6.88. The molecule has 0 bridgehead atoms. The molecule has 3 aromatic rings. The van der Waals surface area contributed by atoms with Crippen LogP contribution in [-0.2, 0) is 11.2 Å². The number of hydrogen-bond donors (Lipinski definition) is 1. The molecule has 2 heterocycles. The molecule has 7 heteroatoms. The minimum absolute atomic E-state index is 0.0243. The van der Waals surface area contributed by atoms with E-state index < -0.39 is 0 Å². The molecule has 0 aliphatic rings. The Morgan fingerprint density at radius 2 is 2.09 bits per heavy atom. The molecule has 3 rings (SSSR count). The molecule has 0 saturated heterocycles. The first kappa shape index (κ1) is 15.0. The number of amides is 1. The number of para-hydroxylation sites is 1. The first-order valence-corrected chi connectivity index (χ1v) is 7.40. The Kier molecular flexibility index (Phi) is 4.78. The van der Waals surface area contributed by atoms with Crippen molar-refractivity contribution in [1.82, 2.24) is 24.9 Å². The Bertz CT molecular complexity index is 772. The van der Waals surface area contributed by atoms with Crippen molar-refractivity contribution in [3.8, 4) is 5.75 Å². The molecule has 23 heavy (non-hydrogen) atoms. The van der Waals surface area contributed by atoms with E-state index in [4.69, 9.17) is 4.74 Å². The number of carbonyl (C=O) groups is 1. The van der Waals surface area contributed by atoms with E-state index in [9.17, 15) is 4.79 Å². The number of carbonyl (C=O) groups excluding carboxylic acids is 1. The number of aromatic nitrogens is 4. The monoisotopic (exact) mass is 311 g/mol. The van der Waals surface area contributed by atoms with Gasteiger partial charge in [-0.05, 0) is 30.5 Å². The van der Waals surface area contributed by atoms with E-state index in [0.29, 0.717) is 18.1 Å². The van der Waals surface area contributed by atoms with Gasteiger partial charge in [-0.25, -0.2) is 9.50 Å². The zero-order chi connectivity index (χ0) is 15.9. The smallest absolute Gasteiger partial charge is 0.257 e. The number of nitrogens with zero attached hydrogens (tertiary/aromatic N) is 4. The van der Waals surface area contributed by atoms with Gasteiger partial charge in [-0.2, -0.15) is 10.1 Å². The molecule has 1 amide bonds. The zero-order valence-electron chi connectivity index (χ0n) is 12.6. The van der Waals surface area contributed by atoms with Crippen LogP contribution in [0.2, 0.25) is 0 Å². The van der Waals surface area contributed by atoms with Crippen molar-refractivity contribution >= 4 is 11.7 Å². The largest absolute Gasteiger partial charge is 0.484 e. The molecule has 0 unspecified atom stereocenters. The highest BCUT2D eigenvalue weighted by Gasteiger charge is 2.03. The first-order valence-electron chi connectivity index (χ1n) is 7.40. The first-order chi connectivity index (χ1) is 11.3. The van der Waals surface area contributed by atoms with Gasteiger partial charge in [-0.3, -0.25) is 4.79 Å². The van der Waals surface area contributed by atoms with Crippen LogP contribution in [0.15, 0.2) is 49.1 Å². The molecule has 0 aliphatic heterocycles. The van der Waals surface area contributed by atoms with Gasteiger partial charge < -0.3 is 10.1 Å². The maximum atomic E-state index is 11.7. The van der Waals surface area contributed by atoms with Crippen molar-refractivity contribution in [3.05, 3.63) is 54.6 Å². The second-order valence-electron chi connectivity index (χ2n) is 5.02. The molecule has 0 saturated carbocycles. The van der Waals surface area contributed by atoms with E-state index >= 15 is 0 Å². The zero-order valence-corrected chi connectivity index (χ0v) is 12.6. The third-order valence-electron chi connectivity index (χ3n) is 3.27. The lowest BCUT2D eigenvalue weighted by Gasteiger charge is -2.07. The number of rotatable bonds is 7. The number of fused-ring (bicyclic) bond motifs is 1. The summed E-state index contributed by atoms with van der Waals surface area (Å²) in [5.74, 6) is 1.15. The van der Waals surface area contributed by atoms with Crippen molar-refractivity contribution in [2.45, 2.75) is 12.8 Å². The Morgan fingerprint density at radius 1 is 1.22 bits per heavy atom. The fraction of sp³-hybridized carbons (Fsp3) is 0.250. The highest BCUT2D eigenvalue weighted by molar-refractivity contribution is 5.77. The number of hydrogen-bond acceptors (Lipinski definition) is 5. The molecule has 0 atom stereocenters. The van der Waals surface area contributed by atoms with E-state index in [1.54, 1.807) is 10.7 Å². The summed E-state index contributed by atoms with van der Waals surface area (Å²) >= 11 is 0. The van der Waals surface area contributed by atoms with E-state index in [0.717, 1.165) is 18.4 Å². The minimum Gasteiger partial charge on any atom is -0.484 e. The van der Waals surface area contributed by atoms with Crippen molar-refractivity contribution < 1.29 is 9.53 Å². The van der Waals surface area contributed by atoms with Crippen LogP contribution >= 0.6 is 0 Å². The second-order valence-corrected chi connectivity index (χ2v) is 5.02. The van der Waals surface area contributed by atoms with Gasteiger partial charge in [0.05, 0.1) is 0 Å². The maximum absolute atomic E-state index is 11.7. The molecular weight excluding hydrogens is 294 g/mol. The van der Waals surface area contributed by atoms with Crippen LogP contribution in [0.5, 0.6) is 5.75 Å². The van der Waals surface area contributed by atoms with Gasteiger partial charge in [0.1, 0.15) is 12.1 Å². The Labute approximate surface area is 133 Å². The van der Waals surface area contributed by atoms with Crippen LogP contribution in [0.4, 0.5) is 0 Å². The Morgan fingerprint density at radius 3 is 2.96 bits per heavy atom. The molecule has 0 fully saturated rings. The van der Waals surface area contributed by atoms with Crippen molar-refractivity contribution in [2.24, 2.45) is 0 Å². The summed E-state index contributed by atoms with van der Waals surface area (Å²) in [7, 11) is 0. The van der Waals surface area contributed by atoms with Crippen LogP contribution < -0.4 is 10.1 Å². The lowest BCUT2D eigenvalue weighted by Crippen LogP contribution is -2.29. The van der Waals surface area contributed by atoms with E-state index in [1.807, 2.05) is 36.5 Å². The van der Waals surface area contributed by atoms with Gasteiger partial charge >= 0.3 is 0 Å². The van der Waals surface area contributed by atoms with Gasteiger partial charge in [0.15, 0.2) is 6.61 Å². The highest BCUT2D eigenvalue weighted by atomic mass is 16.5. The van der Waals surface area contributed by atoms with Crippen LogP contribution in [0.1, 0.15) is 12.0 Å². The molecule has 1 aromatic carbocycles. The van der Waals surface area contributed by atoms with E-state index in [2.05, 4.69) is 20.4 Å². The summed E-state index contributed by atoms with van der Waals surface area (Å²) < 4.78 is 7.02. The van der Waals surface area contributed by atoms with Gasteiger partial charge in [-0.1, -0.05) is 18.2 Å². The summed E-state index contributed by atoms with van der Waals surface area (Å²) in [6.45, 7) is 0.614. The van der Waals surface area contributed by atoms with E-state index in [-0.39, 0.29) is 12.5 Å². The second kappa shape index (κ2) is 7.35. The fourth-order valence-corrected chi connectivity index (χ4v) is 2.12. The van der Waals surface area contributed by atoms with Gasteiger partial charge in [0, 0.05) is 18.9 Å². The standard InChI is InChI=1S/C16H17N5O2/c22-15(11-23-14-6-2-1-3-7-14)17-8-4-5-13-9-18-16-19-12-20-21(16)10-13/h1-3,6-7,9-10,12H,4-5,8,11H2,(H,17,22). The SMILES string of the molecule is O=C(COc1ccccc1)NCCCc1cnc2ncnn2c1. The number of nitrogens with one attached hydrogen (secondary N) is 1. The third kappa shape index (κ3) is 4.26. The fourth-order valence-electron chi connectivity index (χ4n) is 2.12. The predicted octanol–water partition coefficient (Wildman–Crippen LogP) is 1.25. The average molecular weight is 311 g/mol. The molecule has 2 aromatic heterocycles. The van der Waals surface area contributed by atoms with Crippen LogP contribution in [0, 0.1) is 0 Å². The Hall–Kier alpha value is -2.96. The van der Waals surface area contributed by atoms with E-state index in [1.165, 1.54) is 6.33 Å². The van der Waals surface area contributed by atoms with Crippen molar-refractivity contribution in [3.63, 3.8) is 0 Å². The summed E-state index contributed by atoms with van der Waals surface area (Å²) in [5.41, 5.74) is 1.05. The summed E-state index contributed by atoms with van der Waals surface area (Å²) in [4.78, 5) is 19.9. The molecule has 0 aliphatic carbocycles. The number of aryl methyl sites for hydroxylation is 1. The lowest BCUT2D eigenvalue weighted by molar-refractivity contribution is -0.123. The molecule has 0 radical (unpaired) electrons. The van der Waals surface area contributed by atoms with Crippen LogP contribution in [0.25, 0.3) is 5.78 Å². The highest BCUT2D eigenvalue weighted by Crippen LogP contribution is 2.07. The minimum atomic E-state index is -0.126. The van der Waals surface area contributed by atoms with Crippen molar-refractivity contribution in [2.75, 3.05) is 13.2 Å². The van der Waals surface area contributed by atoms with Gasteiger partial charge in [0.2, 0.25) is 0 Å². The quantitative estimate of drug-likeness (QED) is 0.664. The van der Waals surface area contributed by atoms with Crippen molar-refractivity contribution in [1.29, 1.82) is 0 Å². The normalized spacial score (nSPS) is 10.6. The molecule has 0 spiro atoms. The molecule has 118 valence electrons. The molecule has 7 nitrogen and oxygen atoms in total. The predicted molar refractivity (Wildman–Crippen MR) is 84.0 cm³/mol. The molecular formula is C16H17N5O2. The Balaban J connectivity index is 1.36. The van der Waals surface area contributed by atoms with Gasteiger partial charge in [0.25, 0.3) is 11.7 Å². The summed E-state index contributed by atoms with van der Waals surface area (Å²) in [6.07, 6.45) is 6.78. The average Bonchev–Trinajstić information content (AvgIpc) is 3.05. The van der Waals surface area contributed by atoms with Crippen LogP contribution in [-0.4, -0.2) is 38.6 Å². The molecule has 1 N–H and O–H groups in total. The maximum Gasteiger partial charge on any atom is 0.257 e. The van der Waals surface area contributed by atoms with Gasteiger partial charge in [-0.15, -0.1) is 0 Å². The topological polar surface area (TPSA) is 81.4 Å². The third-order valence-corrected chi connectivity index (χ3v) is 3.27.